The summed E-state index contributed by atoms with van der Waals surface area (Å²) < 4.78 is 33.0. The first kappa shape index (κ1) is 27.1. The molecule has 1 fully saturated rings. The van der Waals surface area contributed by atoms with Crippen LogP contribution in [0.1, 0.15) is 25.5 Å². The standard InChI is InChI=1S/C26H31ClN4O5S/c1-3-31-22(23(25(32)36-4-2)24(28-26(31)33)19-8-6-5-7-9-19)18-29-14-16-30(17-15-29)37(34,35)21-12-10-20(27)11-13-21/h5-13,24H,3-4,14-18H2,1-2H3,(H,28,33). The fourth-order valence-corrected chi connectivity index (χ4v) is 6.20. The number of urea groups is 1. The Morgan fingerprint density at radius 1 is 1.03 bits per heavy atom. The van der Waals surface area contributed by atoms with Crippen LogP contribution in [0.3, 0.4) is 0 Å². The number of sulfonamides is 1. The normalized spacial score (nSPS) is 19.6. The van der Waals surface area contributed by atoms with E-state index in [1.54, 1.807) is 24.0 Å². The highest BCUT2D eigenvalue weighted by Gasteiger charge is 2.39. The number of carbonyl (C=O) groups excluding carboxylic acids is 2. The van der Waals surface area contributed by atoms with Gasteiger partial charge in [0.05, 0.1) is 23.1 Å². The molecule has 2 aliphatic rings. The van der Waals surface area contributed by atoms with Crippen LogP contribution in [0.15, 0.2) is 70.8 Å². The van der Waals surface area contributed by atoms with Crippen LogP contribution < -0.4 is 5.32 Å². The SMILES string of the molecule is CCOC(=O)C1=C(CN2CCN(S(=O)(=O)c3ccc(Cl)cc3)CC2)N(CC)C(=O)NC1c1ccccc1. The van der Waals surface area contributed by atoms with E-state index < -0.39 is 22.0 Å². The zero-order valence-electron chi connectivity index (χ0n) is 20.9. The summed E-state index contributed by atoms with van der Waals surface area (Å²) >= 11 is 5.91. The quantitative estimate of drug-likeness (QED) is 0.510. The van der Waals surface area contributed by atoms with E-state index >= 15 is 0 Å². The first-order valence-corrected chi connectivity index (χ1v) is 14.1. The van der Waals surface area contributed by atoms with E-state index in [-0.39, 0.29) is 30.6 Å². The molecule has 1 N–H and O–H groups in total. The number of benzene rings is 2. The lowest BCUT2D eigenvalue weighted by molar-refractivity contribution is -0.139. The zero-order valence-corrected chi connectivity index (χ0v) is 22.5. The topological polar surface area (TPSA) is 99.3 Å². The molecule has 4 rings (SSSR count). The van der Waals surface area contributed by atoms with Gasteiger partial charge < -0.3 is 10.1 Å². The summed E-state index contributed by atoms with van der Waals surface area (Å²) in [4.78, 5) is 30.1. The lowest BCUT2D eigenvalue weighted by Gasteiger charge is -2.40. The Hall–Kier alpha value is -2.92. The minimum absolute atomic E-state index is 0.199. The number of hydrogen-bond donors (Lipinski definition) is 1. The van der Waals surface area contributed by atoms with Crippen LogP contribution in [0.5, 0.6) is 0 Å². The summed E-state index contributed by atoms with van der Waals surface area (Å²) in [5.41, 5.74) is 1.75. The second kappa shape index (κ2) is 11.6. The summed E-state index contributed by atoms with van der Waals surface area (Å²) in [6.45, 7) is 5.95. The van der Waals surface area contributed by atoms with E-state index in [4.69, 9.17) is 16.3 Å². The fourth-order valence-electron chi connectivity index (χ4n) is 4.65. The molecule has 2 aliphatic heterocycles. The monoisotopic (exact) mass is 546 g/mol. The third-order valence-electron chi connectivity index (χ3n) is 6.54. The van der Waals surface area contributed by atoms with Gasteiger partial charge in [-0.05, 0) is 43.7 Å². The Kier molecular flexibility index (Phi) is 8.53. The summed E-state index contributed by atoms with van der Waals surface area (Å²) in [7, 11) is -3.65. The molecule has 0 aliphatic carbocycles. The van der Waals surface area contributed by atoms with Gasteiger partial charge in [-0.3, -0.25) is 9.80 Å². The molecule has 198 valence electrons. The third kappa shape index (κ3) is 5.82. The average molecular weight is 547 g/mol. The molecule has 2 aromatic rings. The number of hydrogen-bond acceptors (Lipinski definition) is 6. The maximum Gasteiger partial charge on any atom is 0.338 e. The second-order valence-corrected chi connectivity index (χ2v) is 11.1. The van der Waals surface area contributed by atoms with Gasteiger partial charge in [-0.15, -0.1) is 0 Å². The molecule has 2 aromatic carbocycles. The number of likely N-dealkylation sites (N-methyl/N-ethyl adjacent to an activating group) is 1. The molecular weight excluding hydrogens is 516 g/mol. The first-order valence-electron chi connectivity index (χ1n) is 12.3. The van der Waals surface area contributed by atoms with E-state index in [1.807, 2.05) is 37.3 Å². The van der Waals surface area contributed by atoms with Crippen molar-refractivity contribution in [3.05, 3.63) is 76.5 Å². The Labute approximate surface area is 222 Å². The van der Waals surface area contributed by atoms with Gasteiger partial charge in [0.2, 0.25) is 10.0 Å². The van der Waals surface area contributed by atoms with E-state index in [0.29, 0.717) is 42.5 Å². The van der Waals surface area contributed by atoms with Gasteiger partial charge in [0.25, 0.3) is 0 Å². The third-order valence-corrected chi connectivity index (χ3v) is 8.70. The van der Waals surface area contributed by atoms with E-state index in [9.17, 15) is 18.0 Å². The molecule has 11 heteroatoms. The highest BCUT2D eigenvalue weighted by atomic mass is 35.5. The minimum Gasteiger partial charge on any atom is -0.463 e. The van der Waals surface area contributed by atoms with Gasteiger partial charge in [0.1, 0.15) is 0 Å². The molecule has 1 saturated heterocycles. The van der Waals surface area contributed by atoms with Crippen molar-refractivity contribution in [1.82, 2.24) is 19.4 Å². The zero-order chi connectivity index (χ0) is 26.6. The lowest BCUT2D eigenvalue weighted by Crippen LogP contribution is -2.53. The maximum atomic E-state index is 13.2. The van der Waals surface area contributed by atoms with Crippen LogP contribution in [0.4, 0.5) is 4.79 Å². The Morgan fingerprint density at radius 3 is 2.27 bits per heavy atom. The number of nitrogens with one attached hydrogen (secondary N) is 1. The van der Waals surface area contributed by atoms with Gasteiger partial charge in [0.15, 0.2) is 0 Å². The van der Waals surface area contributed by atoms with Crippen molar-refractivity contribution >= 4 is 33.6 Å². The number of esters is 1. The number of amides is 2. The molecule has 0 radical (unpaired) electrons. The fraction of sp³-hybridized carbons (Fsp3) is 0.385. The first-order chi connectivity index (χ1) is 17.8. The van der Waals surface area contributed by atoms with Crippen molar-refractivity contribution in [3.8, 4) is 0 Å². The van der Waals surface area contributed by atoms with Crippen molar-refractivity contribution in [1.29, 1.82) is 0 Å². The van der Waals surface area contributed by atoms with E-state index in [2.05, 4.69) is 10.2 Å². The van der Waals surface area contributed by atoms with Crippen molar-refractivity contribution in [2.75, 3.05) is 45.9 Å². The molecule has 0 aromatic heterocycles. The number of halogens is 1. The minimum atomic E-state index is -3.65. The molecule has 1 unspecified atom stereocenters. The highest BCUT2D eigenvalue weighted by Crippen LogP contribution is 2.32. The summed E-state index contributed by atoms with van der Waals surface area (Å²) in [5.74, 6) is -0.478. The molecule has 37 heavy (non-hydrogen) atoms. The van der Waals surface area contributed by atoms with Gasteiger partial charge in [-0.25, -0.2) is 18.0 Å². The molecule has 0 saturated carbocycles. The van der Waals surface area contributed by atoms with Crippen molar-refractivity contribution in [2.45, 2.75) is 24.8 Å². The van der Waals surface area contributed by atoms with Gasteiger partial charge in [-0.2, -0.15) is 4.31 Å². The summed E-state index contributed by atoms with van der Waals surface area (Å²) in [5, 5.41) is 3.42. The molecule has 1 atom stereocenters. The number of rotatable bonds is 8. The predicted octanol–water partition coefficient (Wildman–Crippen LogP) is 3.25. The van der Waals surface area contributed by atoms with E-state index in [1.165, 1.54) is 16.4 Å². The summed E-state index contributed by atoms with van der Waals surface area (Å²) in [6.07, 6.45) is 0. The van der Waals surface area contributed by atoms with E-state index in [0.717, 1.165) is 5.56 Å². The lowest BCUT2D eigenvalue weighted by atomic mass is 9.94. The predicted molar refractivity (Wildman–Crippen MR) is 140 cm³/mol. The van der Waals surface area contributed by atoms with Crippen LogP contribution in [0.2, 0.25) is 5.02 Å². The molecule has 0 spiro atoms. The second-order valence-electron chi connectivity index (χ2n) is 8.75. The smallest absolute Gasteiger partial charge is 0.338 e. The maximum absolute atomic E-state index is 13.2. The Morgan fingerprint density at radius 2 is 1.68 bits per heavy atom. The number of nitrogens with zero attached hydrogens (tertiary/aromatic N) is 3. The summed E-state index contributed by atoms with van der Waals surface area (Å²) in [6, 6.07) is 14.5. The highest BCUT2D eigenvalue weighted by molar-refractivity contribution is 7.89. The van der Waals surface area contributed by atoms with Crippen LogP contribution >= 0.6 is 11.6 Å². The van der Waals surface area contributed by atoms with Crippen LogP contribution in [0.25, 0.3) is 0 Å². The number of piperazine rings is 1. The number of carbonyl (C=O) groups is 2. The van der Waals surface area contributed by atoms with Gasteiger partial charge in [-0.1, -0.05) is 41.9 Å². The molecule has 2 heterocycles. The largest absolute Gasteiger partial charge is 0.463 e. The molecule has 9 nitrogen and oxygen atoms in total. The van der Waals surface area contributed by atoms with Crippen LogP contribution in [-0.4, -0.2) is 80.4 Å². The Bertz CT molecular complexity index is 1260. The molecule has 2 amide bonds. The number of ether oxygens (including phenoxy) is 1. The molecular formula is C26H31ClN4O5S. The van der Waals surface area contributed by atoms with Gasteiger partial charge >= 0.3 is 12.0 Å². The van der Waals surface area contributed by atoms with Crippen molar-refractivity contribution in [3.63, 3.8) is 0 Å². The average Bonchev–Trinajstić information content (AvgIpc) is 2.89. The van der Waals surface area contributed by atoms with Crippen molar-refractivity contribution in [2.24, 2.45) is 0 Å². The van der Waals surface area contributed by atoms with Crippen LogP contribution in [0, 0.1) is 0 Å². The molecule has 0 bridgehead atoms. The van der Waals surface area contributed by atoms with Crippen molar-refractivity contribution < 1.29 is 22.7 Å². The van der Waals surface area contributed by atoms with Gasteiger partial charge in [0, 0.05) is 50.0 Å². The van der Waals surface area contributed by atoms with Crippen LogP contribution in [-0.2, 0) is 19.6 Å². The Balaban J connectivity index is 1.60.